The highest BCUT2D eigenvalue weighted by atomic mass is 16.5. The van der Waals surface area contributed by atoms with Crippen molar-refractivity contribution in [3.8, 4) is 5.75 Å². The van der Waals surface area contributed by atoms with E-state index in [0.29, 0.717) is 19.2 Å². The number of hydrogen-bond donors (Lipinski definition) is 2. The maximum absolute atomic E-state index is 12.0. The average Bonchev–Trinajstić information content (AvgIpc) is 3.17. The number of anilines is 1. The van der Waals surface area contributed by atoms with E-state index in [1.807, 2.05) is 24.3 Å². The van der Waals surface area contributed by atoms with Crippen LogP contribution < -0.4 is 15.4 Å². The van der Waals surface area contributed by atoms with E-state index in [1.165, 1.54) is 17.7 Å². The molecule has 2 fully saturated rings. The van der Waals surface area contributed by atoms with E-state index in [4.69, 9.17) is 4.74 Å². The number of rotatable bonds is 5. The maximum atomic E-state index is 12.0. The van der Waals surface area contributed by atoms with Gasteiger partial charge in [-0.05, 0) is 37.8 Å². The Kier molecular flexibility index (Phi) is 4.46. The Morgan fingerprint density at radius 2 is 2.18 bits per heavy atom. The molecule has 0 atom stereocenters. The fourth-order valence-electron chi connectivity index (χ4n) is 2.86. The zero-order valence-corrected chi connectivity index (χ0v) is 12.5. The van der Waals surface area contributed by atoms with E-state index < -0.39 is 0 Å². The Bertz CT molecular complexity index is 555. The second-order valence-electron chi connectivity index (χ2n) is 5.68. The molecule has 2 N–H and O–H groups in total. The van der Waals surface area contributed by atoms with Crippen LogP contribution in [0.5, 0.6) is 5.75 Å². The Morgan fingerprint density at radius 3 is 2.91 bits per heavy atom. The van der Waals surface area contributed by atoms with Gasteiger partial charge in [-0.15, -0.1) is 0 Å². The summed E-state index contributed by atoms with van der Waals surface area (Å²) in [6, 6.07) is 7.30. The number of amides is 3. The lowest BCUT2D eigenvalue weighted by atomic mass is 10.2. The van der Waals surface area contributed by atoms with Gasteiger partial charge in [0.15, 0.2) is 0 Å². The molecular formula is C16H21N3O3. The molecule has 1 saturated heterocycles. The monoisotopic (exact) mass is 303 g/mol. The van der Waals surface area contributed by atoms with Crippen molar-refractivity contribution in [2.45, 2.75) is 31.8 Å². The van der Waals surface area contributed by atoms with E-state index >= 15 is 0 Å². The van der Waals surface area contributed by atoms with Crippen LogP contribution in [-0.2, 0) is 4.79 Å². The number of ether oxygens (including phenoxy) is 1. The van der Waals surface area contributed by atoms with Crippen molar-refractivity contribution in [2.75, 3.05) is 25.0 Å². The first-order valence-electron chi connectivity index (χ1n) is 7.81. The second-order valence-corrected chi connectivity index (χ2v) is 5.68. The van der Waals surface area contributed by atoms with E-state index in [0.717, 1.165) is 24.3 Å². The molecular weight excluding hydrogens is 282 g/mol. The minimum Gasteiger partial charge on any atom is -0.490 e. The first-order valence-corrected chi connectivity index (χ1v) is 7.81. The molecule has 2 aliphatic rings. The molecule has 6 heteroatoms. The number of benzene rings is 1. The third-order valence-corrected chi connectivity index (χ3v) is 4.04. The molecule has 22 heavy (non-hydrogen) atoms. The van der Waals surface area contributed by atoms with Gasteiger partial charge in [0.05, 0.1) is 12.6 Å². The summed E-state index contributed by atoms with van der Waals surface area (Å²) in [5, 5.41) is 5.67. The number of nitrogens with one attached hydrogen (secondary N) is 2. The third-order valence-electron chi connectivity index (χ3n) is 4.04. The normalized spacial score (nSPS) is 18.4. The van der Waals surface area contributed by atoms with E-state index in [-0.39, 0.29) is 18.5 Å². The lowest BCUT2D eigenvalue weighted by Crippen LogP contribution is -2.37. The van der Waals surface area contributed by atoms with Crippen LogP contribution in [-0.4, -0.2) is 42.6 Å². The van der Waals surface area contributed by atoms with Crippen molar-refractivity contribution in [1.82, 2.24) is 10.2 Å². The molecule has 1 heterocycles. The van der Waals surface area contributed by atoms with Crippen LogP contribution in [0.2, 0.25) is 0 Å². The van der Waals surface area contributed by atoms with Gasteiger partial charge >= 0.3 is 6.03 Å². The molecule has 1 aliphatic carbocycles. The number of nitrogens with zero attached hydrogens (tertiary/aromatic N) is 1. The first kappa shape index (κ1) is 14.7. The zero-order valence-electron chi connectivity index (χ0n) is 12.5. The van der Waals surface area contributed by atoms with Gasteiger partial charge in [-0.3, -0.25) is 9.69 Å². The van der Waals surface area contributed by atoms with Gasteiger partial charge in [-0.25, -0.2) is 4.79 Å². The van der Waals surface area contributed by atoms with Crippen molar-refractivity contribution in [2.24, 2.45) is 0 Å². The highest BCUT2D eigenvalue weighted by molar-refractivity contribution is 5.97. The van der Waals surface area contributed by atoms with Gasteiger partial charge in [0.1, 0.15) is 5.75 Å². The van der Waals surface area contributed by atoms with Gasteiger partial charge in [0.2, 0.25) is 5.91 Å². The number of urea groups is 1. The van der Waals surface area contributed by atoms with Crippen molar-refractivity contribution >= 4 is 17.6 Å². The molecule has 3 amide bonds. The van der Waals surface area contributed by atoms with Gasteiger partial charge in [-0.1, -0.05) is 6.07 Å². The van der Waals surface area contributed by atoms with Crippen molar-refractivity contribution in [3.05, 3.63) is 24.3 Å². The molecule has 3 rings (SSSR count). The molecule has 0 aromatic heterocycles. The topological polar surface area (TPSA) is 70.7 Å². The Labute approximate surface area is 129 Å². The summed E-state index contributed by atoms with van der Waals surface area (Å²) < 4.78 is 5.94. The summed E-state index contributed by atoms with van der Waals surface area (Å²) in [6.07, 6.45) is 5.00. The quantitative estimate of drug-likeness (QED) is 0.872. The van der Waals surface area contributed by atoms with Crippen LogP contribution in [0.4, 0.5) is 10.5 Å². The van der Waals surface area contributed by atoms with Crippen molar-refractivity contribution < 1.29 is 14.3 Å². The molecule has 0 bridgehead atoms. The van der Waals surface area contributed by atoms with Crippen LogP contribution in [0.1, 0.15) is 25.7 Å². The third kappa shape index (κ3) is 3.50. The van der Waals surface area contributed by atoms with Gasteiger partial charge in [-0.2, -0.15) is 0 Å². The first-order chi connectivity index (χ1) is 10.7. The van der Waals surface area contributed by atoms with Gasteiger partial charge in [0, 0.05) is 24.8 Å². The number of imide groups is 1. The van der Waals surface area contributed by atoms with Crippen molar-refractivity contribution in [1.29, 1.82) is 0 Å². The largest absolute Gasteiger partial charge is 0.490 e. The van der Waals surface area contributed by atoms with Crippen LogP contribution in [0.15, 0.2) is 24.3 Å². The Morgan fingerprint density at radius 1 is 1.36 bits per heavy atom. The molecule has 1 aliphatic heterocycles. The smallest absolute Gasteiger partial charge is 0.324 e. The second kappa shape index (κ2) is 6.68. The summed E-state index contributed by atoms with van der Waals surface area (Å²) >= 11 is 0. The van der Waals surface area contributed by atoms with Crippen LogP contribution in [0.3, 0.4) is 0 Å². The lowest BCUT2D eigenvalue weighted by Gasteiger charge is -2.15. The maximum Gasteiger partial charge on any atom is 0.324 e. The molecule has 0 radical (unpaired) electrons. The molecule has 1 aromatic rings. The summed E-state index contributed by atoms with van der Waals surface area (Å²) in [5.41, 5.74) is 0.823. The molecule has 0 spiro atoms. The predicted molar refractivity (Wildman–Crippen MR) is 82.9 cm³/mol. The van der Waals surface area contributed by atoms with E-state index in [2.05, 4.69) is 10.6 Å². The van der Waals surface area contributed by atoms with Crippen LogP contribution in [0, 0.1) is 0 Å². The fourth-order valence-corrected chi connectivity index (χ4v) is 2.86. The SMILES string of the molecule is O=C(CNc1cccc(OC2CCCC2)c1)N1CCNC1=O. The minimum absolute atomic E-state index is 0.0975. The number of carbonyl (C=O) groups is 2. The lowest BCUT2D eigenvalue weighted by molar-refractivity contribution is -0.125. The average molecular weight is 303 g/mol. The Balaban J connectivity index is 1.53. The highest BCUT2D eigenvalue weighted by Crippen LogP contribution is 2.25. The summed E-state index contributed by atoms with van der Waals surface area (Å²) in [4.78, 5) is 24.6. The summed E-state index contributed by atoms with van der Waals surface area (Å²) in [7, 11) is 0. The standard InChI is InChI=1S/C16H21N3O3/c20-15(19-9-8-17-16(19)21)11-18-12-4-3-7-14(10-12)22-13-5-1-2-6-13/h3-4,7,10,13,18H,1-2,5-6,8-9,11H2,(H,17,21). The van der Waals surface area contributed by atoms with E-state index in [1.54, 1.807) is 0 Å². The predicted octanol–water partition coefficient (Wildman–Crippen LogP) is 1.97. The fraction of sp³-hybridized carbons (Fsp3) is 0.500. The zero-order chi connectivity index (χ0) is 15.4. The number of carbonyl (C=O) groups excluding carboxylic acids is 2. The minimum atomic E-state index is -0.315. The Hall–Kier alpha value is -2.24. The van der Waals surface area contributed by atoms with Crippen LogP contribution in [0.25, 0.3) is 0 Å². The van der Waals surface area contributed by atoms with Gasteiger partial charge in [0.25, 0.3) is 0 Å². The van der Waals surface area contributed by atoms with Gasteiger partial charge < -0.3 is 15.4 Å². The summed E-state index contributed by atoms with van der Waals surface area (Å²) in [5.74, 6) is 0.598. The molecule has 118 valence electrons. The van der Waals surface area contributed by atoms with Crippen LogP contribution >= 0.6 is 0 Å². The highest BCUT2D eigenvalue weighted by Gasteiger charge is 2.25. The van der Waals surface area contributed by atoms with E-state index in [9.17, 15) is 9.59 Å². The number of hydrogen-bond acceptors (Lipinski definition) is 4. The molecule has 1 saturated carbocycles. The van der Waals surface area contributed by atoms with Crippen molar-refractivity contribution in [3.63, 3.8) is 0 Å². The molecule has 0 unspecified atom stereocenters. The molecule has 6 nitrogen and oxygen atoms in total. The molecule has 1 aromatic carbocycles. The summed E-state index contributed by atoms with van der Waals surface area (Å²) in [6.45, 7) is 1.06.